The lowest BCUT2D eigenvalue weighted by Crippen LogP contribution is -2.32. The molecule has 1 N–H and O–H groups in total. The van der Waals surface area contributed by atoms with Crippen molar-refractivity contribution in [2.24, 2.45) is 11.3 Å². The third-order valence-corrected chi connectivity index (χ3v) is 8.36. The SMILES string of the molecule is Cc1ccc(-n2ncc3c2C=C2CC[C@H]([C@H](O)c4nc5ccccc5s4)[C@@]2(C)C3)cc1. The predicted molar refractivity (Wildman–Crippen MR) is 125 cm³/mol. The normalized spacial score (nSPS) is 23.5. The maximum atomic E-state index is 11.4. The van der Waals surface area contributed by atoms with Gasteiger partial charge in [0.2, 0.25) is 0 Å². The average molecular weight is 428 g/mol. The summed E-state index contributed by atoms with van der Waals surface area (Å²) in [6.45, 7) is 4.42. The Morgan fingerprint density at radius 2 is 1.97 bits per heavy atom. The standard InChI is InChI=1S/C26H25N3OS/c1-16-7-10-19(11-8-16)29-22-13-18-9-12-20(26(18,2)14-17(22)15-27-29)24(30)25-28-21-5-3-4-6-23(21)31-25/h3-8,10-11,13,15,20,24,30H,9,12,14H2,1-2H3/t20-,24+,26+/m1/s1. The molecule has 6 rings (SSSR count). The summed E-state index contributed by atoms with van der Waals surface area (Å²) in [6.07, 6.45) is 6.71. The lowest BCUT2D eigenvalue weighted by molar-refractivity contribution is 0.0555. The Hall–Kier alpha value is -2.76. The Balaban J connectivity index is 1.35. The van der Waals surface area contributed by atoms with Crippen LogP contribution in [0.2, 0.25) is 0 Å². The quantitative estimate of drug-likeness (QED) is 0.444. The molecule has 0 amide bonds. The van der Waals surface area contributed by atoms with E-state index in [1.165, 1.54) is 22.4 Å². The second-order valence-corrected chi connectivity index (χ2v) is 10.2. The fourth-order valence-electron chi connectivity index (χ4n) is 5.46. The molecule has 4 nitrogen and oxygen atoms in total. The zero-order valence-electron chi connectivity index (χ0n) is 17.7. The Kier molecular flexibility index (Phi) is 4.20. The molecule has 2 heterocycles. The summed E-state index contributed by atoms with van der Waals surface area (Å²) < 4.78 is 3.19. The summed E-state index contributed by atoms with van der Waals surface area (Å²) in [5.41, 5.74) is 7.13. The number of thiazole rings is 1. The van der Waals surface area contributed by atoms with Gasteiger partial charge in [0.05, 0.1) is 27.8 Å². The van der Waals surface area contributed by atoms with Gasteiger partial charge in [-0.3, -0.25) is 0 Å². The number of rotatable bonds is 3. The van der Waals surface area contributed by atoms with E-state index >= 15 is 0 Å². The van der Waals surface area contributed by atoms with Gasteiger partial charge < -0.3 is 5.11 Å². The van der Waals surface area contributed by atoms with Crippen LogP contribution in [0.1, 0.15) is 47.7 Å². The second kappa shape index (κ2) is 6.87. The van der Waals surface area contributed by atoms with Crippen molar-refractivity contribution in [1.82, 2.24) is 14.8 Å². The average Bonchev–Trinajstić information content (AvgIpc) is 3.46. The molecule has 156 valence electrons. The summed E-state index contributed by atoms with van der Waals surface area (Å²) in [4.78, 5) is 4.75. The summed E-state index contributed by atoms with van der Waals surface area (Å²) in [5.74, 6) is 0.162. The van der Waals surface area contributed by atoms with Gasteiger partial charge in [-0.25, -0.2) is 9.67 Å². The first-order chi connectivity index (χ1) is 15.0. The van der Waals surface area contributed by atoms with Crippen molar-refractivity contribution in [3.63, 3.8) is 0 Å². The highest BCUT2D eigenvalue weighted by molar-refractivity contribution is 7.18. The summed E-state index contributed by atoms with van der Waals surface area (Å²) in [6, 6.07) is 16.7. The number of hydrogen-bond donors (Lipinski definition) is 1. The van der Waals surface area contributed by atoms with E-state index in [1.807, 2.05) is 24.4 Å². The maximum Gasteiger partial charge on any atom is 0.123 e. The number of aryl methyl sites for hydroxylation is 1. The highest BCUT2D eigenvalue weighted by atomic mass is 32.1. The summed E-state index contributed by atoms with van der Waals surface area (Å²) >= 11 is 1.62. The van der Waals surface area contributed by atoms with Crippen LogP contribution >= 0.6 is 11.3 Å². The van der Waals surface area contributed by atoms with Crippen molar-refractivity contribution in [2.45, 2.75) is 39.2 Å². The van der Waals surface area contributed by atoms with Gasteiger partial charge in [0.15, 0.2) is 0 Å². The van der Waals surface area contributed by atoms with Crippen LogP contribution in [0.3, 0.4) is 0 Å². The van der Waals surface area contributed by atoms with Gasteiger partial charge in [-0.2, -0.15) is 5.10 Å². The summed E-state index contributed by atoms with van der Waals surface area (Å²) in [7, 11) is 0. The van der Waals surface area contributed by atoms with Gasteiger partial charge >= 0.3 is 0 Å². The minimum Gasteiger partial charge on any atom is -0.386 e. The van der Waals surface area contributed by atoms with Crippen molar-refractivity contribution in [3.8, 4) is 5.69 Å². The molecule has 2 aromatic heterocycles. The topological polar surface area (TPSA) is 50.9 Å². The molecule has 0 unspecified atom stereocenters. The highest BCUT2D eigenvalue weighted by Gasteiger charge is 2.49. The van der Waals surface area contributed by atoms with Gasteiger partial charge in [-0.15, -0.1) is 11.3 Å². The third kappa shape index (κ3) is 2.91. The fraction of sp³-hybridized carbons (Fsp3) is 0.308. The first kappa shape index (κ1) is 19.0. The van der Waals surface area contributed by atoms with Gasteiger partial charge in [0.1, 0.15) is 11.1 Å². The molecule has 31 heavy (non-hydrogen) atoms. The van der Waals surface area contributed by atoms with E-state index < -0.39 is 6.10 Å². The number of fused-ring (bicyclic) bond motifs is 3. The second-order valence-electron chi connectivity index (χ2n) is 9.18. The van der Waals surface area contributed by atoms with E-state index in [4.69, 9.17) is 10.1 Å². The Labute approximate surface area is 185 Å². The van der Waals surface area contributed by atoms with Crippen LogP contribution in [0.25, 0.3) is 22.0 Å². The third-order valence-electron chi connectivity index (χ3n) is 7.25. The molecule has 0 aliphatic heterocycles. The van der Waals surface area contributed by atoms with Gasteiger partial charge in [0.25, 0.3) is 0 Å². The van der Waals surface area contributed by atoms with Crippen LogP contribution in [-0.4, -0.2) is 19.9 Å². The lowest BCUT2D eigenvalue weighted by Gasteiger charge is -2.37. The molecule has 0 saturated heterocycles. The van der Waals surface area contributed by atoms with Crippen LogP contribution < -0.4 is 0 Å². The number of aliphatic hydroxyl groups excluding tert-OH is 1. The molecule has 2 aliphatic rings. The molecule has 0 spiro atoms. The van der Waals surface area contributed by atoms with Gasteiger partial charge in [-0.05, 0) is 67.5 Å². The van der Waals surface area contributed by atoms with Crippen LogP contribution in [0.15, 0.2) is 60.3 Å². The number of aliphatic hydroxyl groups is 1. The minimum absolute atomic E-state index is 0.0641. The Bertz CT molecular complexity index is 1280. The lowest BCUT2D eigenvalue weighted by atomic mass is 9.68. The highest BCUT2D eigenvalue weighted by Crippen LogP contribution is 2.57. The van der Waals surface area contributed by atoms with E-state index in [9.17, 15) is 5.11 Å². The van der Waals surface area contributed by atoms with E-state index in [0.717, 1.165) is 40.2 Å². The number of aromatic nitrogens is 3. The molecule has 0 bridgehead atoms. The first-order valence-corrected chi connectivity index (χ1v) is 11.7. The molecule has 5 heteroatoms. The zero-order valence-corrected chi connectivity index (χ0v) is 18.6. The van der Waals surface area contributed by atoms with E-state index in [2.05, 4.69) is 54.9 Å². The van der Waals surface area contributed by atoms with E-state index in [1.54, 1.807) is 11.3 Å². The molecule has 1 fully saturated rings. The number of benzene rings is 2. The molecule has 2 aromatic carbocycles. The fourth-order valence-corrected chi connectivity index (χ4v) is 6.48. The van der Waals surface area contributed by atoms with Gasteiger partial charge in [0, 0.05) is 5.92 Å². The maximum absolute atomic E-state index is 11.4. The first-order valence-electron chi connectivity index (χ1n) is 10.9. The van der Waals surface area contributed by atoms with Crippen molar-refractivity contribution in [2.75, 3.05) is 0 Å². The van der Waals surface area contributed by atoms with Crippen LogP contribution in [0.5, 0.6) is 0 Å². The zero-order chi connectivity index (χ0) is 21.2. The molecule has 0 radical (unpaired) electrons. The van der Waals surface area contributed by atoms with Crippen molar-refractivity contribution in [3.05, 3.63) is 82.1 Å². The molecule has 1 saturated carbocycles. The monoisotopic (exact) mass is 427 g/mol. The molecule has 4 aromatic rings. The largest absolute Gasteiger partial charge is 0.386 e. The number of hydrogen-bond acceptors (Lipinski definition) is 4. The van der Waals surface area contributed by atoms with E-state index in [-0.39, 0.29) is 11.3 Å². The molecular weight excluding hydrogens is 402 g/mol. The van der Waals surface area contributed by atoms with Crippen molar-refractivity contribution >= 4 is 27.6 Å². The van der Waals surface area contributed by atoms with Gasteiger partial charge in [-0.1, -0.05) is 42.3 Å². The predicted octanol–water partition coefficient (Wildman–Crippen LogP) is 5.88. The van der Waals surface area contributed by atoms with Crippen molar-refractivity contribution < 1.29 is 5.11 Å². The van der Waals surface area contributed by atoms with Crippen LogP contribution in [0.4, 0.5) is 0 Å². The minimum atomic E-state index is -0.540. The Morgan fingerprint density at radius 3 is 2.77 bits per heavy atom. The summed E-state index contributed by atoms with van der Waals surface area (Å²) in [5, 5.41) is 16.9. The molecule has 2 aliphatic carbocycles. The molecule has 3 atom stereocenters. The Morgan fingerprint density at radius 1 is 1.16 bits per heavy atom. The number of allylic oxidation sites excluding steroid dienone is 1. The van der Waals surface area contributed by atoms with Crippen molar-refractivity contribution in [1.29, 1.82) is 0 Å². The van der Waals surface area contributed by atoms with Crippen LogP contribution in [-0.2, 0) is 6.42 Å². The number of nitrogens with zero attached hydrogens (tertiary/aromatic N) is 3. The molecular formula is C26H25N3OS. The smallest absolute Gasteiger partial charge is 0.123 e. The number of para-hydroxylation sites is 1. The van der Waals surface area contributed by atoms with E-state index in [0.29, 0.717) is 0 Å². The van der Waals surface area contributed by atoms with Crippen LogP contribution in [0, 0.1) is 18.3 Å².